The molecule has 0 radical (unpaired) electrons. The first-order chi connectivity index (χ1) is 9.72. The maximum atomic E-state index is 12.0. The summed E-state index contributed by atoms with van der Waals surface area (Å²) in [6.45, 7) is 4.26. The molecule has 0 amide bonds. The van der Waals surface area contributed by atoms with E-state index in [9.17, 15) is 4.79 Å². The highest BCUT2D eigenvalue weighted by molar-refractivity contribution is 9.10. The molecule has 20 heavy (non-hydrogen) atoms. The Morgan fingerprint density at radius 2 is 2.20 bits per heavy atom. The first-order valence-corrected chi connectivity index (χ1v) is 7.48. The molecule has 0 fully saturated rings. The minimum absolute atomic E-state index is 0.0936. The van der Waals surface area contributed by atoms with E-state index in [4.69, 9.17) is 0 Å². The van der Waals surface area contributed by atoms with Gasteiger partial charge in [-0.3, -0.25) is 9.48 Å². The van der Waals surface area contributed by atoms with E-state index in [2.05, 4.69) is 31.4 Å². The van der Waals surface area contributed by atoms with Crippen LogP contribution in [0.5, 0.6) is 0 Å². The lowest BCUT2D eigenvalue weighted by atomic mass is 10.4. The van der Waals surface area contributed by atoms with Crippen LogP contribution >= 0.6 is 15.9 Å². The molecule has 108 valence electrons. The molecule has 2 rings (SSSR count). The zero-order valence-corrected chi connectivity index (χ0v) is 13.0. The molecule has 0 saturated heterocycles. The van der Waals surface area contributed by atoms with Crippen molar-refractivity contribution in [1.29, 1.82) is 0 Å². The van der Waals surface area contributed by atoms with Crippen LogP contribution in [-0.2, 0) is 13.1 Å². The van der Waals surface area contributed by atoms with Gasteiger partial charge in [0.2, 0.25) is 0 Å². The van der Waals surface area contributed by atoms with E-state index in [0.29, 0.717) is 11.0 Å². The van der Waals surface area contributed by atoms with Crippen LogP contribution in [0.25, 0.3) is 0 Å². The SMILES string of the molecule is CCCn1ncc(NCCCn2cccn2)c(Br)c1=O. The molecule has 0 atom stereocenters. The fourth-order valence-electron chi connectivity index (χ4n) is 1.86. The van der Waals surface area contributed by atoms with Crippen molar-refractivity contribution < 1.29 is 0 Å². The third-order valence-electron chi connectivity index (χ3n) is 2.86. The standard InChI is InChI=1S/C13H18BrN5O/c1-2-7-19-13(20)12(14)11(10-17-19)15-5-3-8-18-9-4-6-16-18/h4,6,9-10,15H,2-3,5,7-8H2,1H3. The predicted molar refractivity (Wildman–Crippen MR) is 81.8 cm³/mol. The second kappa shape index (κ2) is 7.23. The fourth-order valence-corrected chi connectivity index (χ4v) is 2.30. The molecule has 0 aliphatic rings. The van der Waals surface area contributed by atoms with Gasteiger partial charge in [-0.15, -0.1) is 0 Å². The maximum absolute atomic E-state index is 12.0. The molecule has 7 heteroatoms. The maximum Gasteiger partial charge on any atom is 0.283 e. The largest absolute Gasteiger partial charge is 0.383 e. The van der Waals surface area contributed by atoms with E-state index in [-0.39, 0.29) is 5.56 Å². The van der Waals surface area contributed by atoms with Crippen LogP contribution in [0.4, 0.5) is 5.69 Å². The second-order valence-corrected chi connectivity index (χ2v) is 5.24. The van der Waals surface area contributed by atoms with Crippen LogP contribution in [0.1, 0.15) is 19.8 Å². The number of nitrogens with one attached hydrogen (secondary N) is 1. The average molecular weight is 340 g/mol. The Morgan fingerprint density at radius 1 is 1.35 bits per heavy atom. The molecule has 1 N–H and O–H groups in total. The molecule has 0 aliphatic carbocycles. The van der Waals surface area contributed by atoms with Crippen molar-refractivity contribution in [2.24, 2.45) is 0 Å². The number of nitrogens with zero attached hydrogens (tertiary/aromatic N) is 4. The van der Waals surface area contributed by atoms with E-state index >= 15 is 0 Å². The molecule has 2 heterocycles. The highest BCUT2D eigenvalue weighted by Crippen LogP contribution is 2.16. The third-order valence-corrected chi connectivity index (χ3v) is 3.63. The van der Waals surface area contributed by atoms with Gasteiger partial charge in [-0.25, -0.2) is 4.68 Å². The van der Waals surface area contributed by atoms with Gasteiger partial charge in [0.05, 0.1) is 11.9 Å². The van der Waals surface area contributed by atoms with Crippen molar-refractivity contribution in [1.82, 2.24) is 19.6 Å². The Labute approximate surface area is 125 Å². The molecule has 0 spiro atoms. The van der Waals surface area contributed by atoms with E-state index < -0.39 is 0 Å². The second-order valence-electron chi connectivity index (χ2n) is 4.45. The van der Waals surface area contributed by atoms with Crippen LogP contribution in [-0.4, -0.2) is 26.1 Å². The van der Waals surface area contributed by atoms with Crippen LogP contribution in [0, 0.1) is 0 Å². The van der Waals surface area contributed by atoms with Gasteiger partial charge in [0.1, 0.15) is 4.47 Å². The average Bonchev–Trinajstić information content (AvgIpc) is 2.95. The van der Waals surface area contributed by atoms with Crippen LogP contribution in [0.15, 0.2) is 33.9 Å². The van der Waals surface area contributed by atoms with Crippen LogP contribution in [0.2, 0.25) is 0 Å². The summed E-state index contributed by atoms with van der Waals surface area (Å²) in [7, 11) is 0. The predicted octanol–water partition coefficient (Wildman–Crippen LogP) is 2.11. The number of aromatic nitrogens is 4. The molecule has 0 unspecified atom stereocenters. The fraction of sp³-hybridized carbons (Fsp3) is 0.462. The summed E-state index contributed by atoms with van der Waals surface area (Å²) >= 11 is 3.34. The van der Waals surface area contributed by atoms with Gasteiger partial charge in [0.15, 0.2) is 0 Å². The Hall–Kier alpha value is -1.63. The summed E-state index contributed by atoms with van der Waals surface area (Å²) in [5.74, 6) is 0. The number of rotatable bonds is 7. The summed E-state index contributed by atoms with van der Waals surface area (Å²) < 4.78 is 3.90. The summed E-state index contributed by atoms with van der Waals surface area (Å²) in [4.78, 5) is 12.0. The Kier molecular flexibility index (Phi) is 5.34. The zero-order valence-electron chi connectivity index (χ0n) is 11.4. The smallest absolute Gasteiger partial charge is 0.283 e. The molecular formula is C13H18BrN5O. The van der Waals surface area contributed by atoms with E-state index in [1.54, 1.807) is 12.4 Å². The molecule has 6 nitrogen and oxygen atoms in total. The molecule has 2 aromatic rings. The third kappa shape index (κ3) is 3.69. The Morgan fingerprint density at radius 3 is 2.90 bits per heavy atom. The van der Waals surface area contributed by atoms with E-state index in [1.807, 2.05) is 23.9 Å². The molecular weight excluding hydrogens is 322 g/mol. The Bertz CT molecular complexity index is 593. The molecule has 0 bridgehead atoms. The summed E-state index contributed by atoms with van der Waals surface area (Å²) in [5, 5.41) is 11.5. The molecule has 0 aromatic carbocycles. The van der Waals surface area contributed by atoms with Gasteiger partial charge in [-0.2, -0.15) is 10.2 Å². The molecule has 0 aliphatic heterocycles. The first kappa shape index (κ1) is 14.8. The Balaban J connectivity index is 1.89. The first-order valence-electron chi connectivity index (χ1n) is 6.69. The lowest BCUT2D eigenvalue weighted by molar-refractivity contribution is 0.565. The highest BCUT2D eigenvalue weighted by Gasteiger charge is 2.07. The lowest BCUT2D eigenvalue weighted by Gasteiger charge is -2.10. The van der Waals surface area contributed by atoms with E-state index in [1.165, 1.54) is 4.68 Å². The van der Waals surface area contributed by atoms with Crippen LogP contribution in [0.3, 0.4) is 0 Å². The van der Waals surface area contributed by atoms with Gasteiger partial charge in [-0.05, 0) is 34.8 Å². The lowest BCUT2D eigenvalue weighted by Crippen LogP contribution is -2.24. The number of aryl methyl sites for hydroxylation is 2. The van der Waals surface area contributed by atoms with Crippen molar-refractivity contribution in [2.75, 3.05) is 11.9 Å². The van der Waals surface area contributed by atoms with Gasteiger partial charge < -0.3 is 5.32 Å². The zero-order chi connectivity index (χ0) is 14.4. The van der Waals surface area contributed by atoms with E-state index in [0.717, 1.165) is 31.6 Å². The summed E-state index contributed by atoms with van der Waals surface area (Å²) in [5.41, 5.74) is 0.645. The molecule has 0 saturated carbocycles. The van der Waals surface area contributed by atoms with Crippen molar-refractivity contribution in [3.63, 3.8) is 0 Å². The quantitative estimate of drug-likeness (QED) is 0.784. The number of hydrogen-bond acceptors (Lipinski definition) is 4. The minimum atomic E-state index is -0.0936. The van der Waals surface area contributed by atoms with Crippen molar-refractivity contribution in [3.8, 4) is 0 Å². The number of anilines is 1. The van der Waals surface area contributed by atoms with Gasteiger partial charge in [0, 0.05) is 32.0 Å². The summed E-state index contributed by atoms with van der Waals surface area (Å²) in [6, 6.07) is 1.90. The number of halogens is 1. The monoisotopic (exact) mass is 339 g/mol. The normalized spacial score (nSPS) is 10.7. The van der Waals surface area contributed by atoms with Gasteiger partial charge in [0.25, 0.3) is 5.56 Å². The highest BCUT2D eigenvalue weighted by atomic mass is 79.9. The summed E-state index contributed by atoms with van der Waals surface area (Å²) in [6.07, 6.45) is 7.20. The molecule has 2 aromatic heterocycles. The van der Waals surface area contributed by atoms with Crippen LogP contribution < -0.4 is 10.9 Å². The van der Waals surface area contributed by atoms with Crippen molar-refractivity contribution in [2.45, 2.75) is 32.9 Å². The van der Waals surface area contributed by atoms with Crippen molar-refractivity contribution >= 4 is 21.6 Å². The van der Waals surface area contributed by atoms with Gasteiger partial charge in [-0.1, -0.05) is 6.92 Å². The number of hydrogen-bond donors (Lipinski definition) is 1. The topological polar surface area (TPSA) is 64.7 Å². The van der Waals surface area contributed by atoms with Crippen molar-refractivity contribution in [3.05, 3.63) is 39.5 Å². The van der Waals surface area contributed by atoms with Gasteiger partial charge >= 0.3 is 0 Å². The minimum Gasteiger partial charge on any atom is -0.383 e.